The summed E-state index contributed by atoms with van der Waals surface area (Å²) in [6, 6.07) is 10.4. The average molecular weight is 331 g/mol. The van der Waals surface area contributed by atoms with Gasteiger partial charge in [-0.25, -0.2) is 9.98 Å². The fraction of sp³-hybridized carbons (Fsp3) is 0.412. The van der Waals surface area contributed by atoms with Crippen molar-refractivity contribution in [2.24, 2.45) is 4.99 Å². The van der Waals surface area contributed by atoms with Crippen molar-refractivity contribution in [2.45, 2.75) is 20.0 Å². The summed E-state index contributed by atoms with van der Waals surface area (Å²) in [5.41, 5.74) is 2.27. The summed E-state index contributed by atoms with van der Waals surface area (Å²) in [6.07, 6.45) is 0. The molecule has 1 N–H and O–H groups in total. The molecule has 23 heavy (non-hydrogen) atoms. The molecule has 0 radical (unpaired) electrons. The molecule has 5 nitrogen and oxygen atoms in total. The topological polar surface area (TPSA) is 43.8 Å². The van der Waals surface area contributed by atoms with Gasteiger partial charge in [-0.15, -0.1) is 11.3 Å². The smallest absolute Gasteiger partial charge is 0.194 e. The molecule has 124 valence electrons. The number of nitrogens with zero attached hydrogens (tertiary/aromatic N) is 4. The normalized spacial score (nSPS) is 11.4. The average Bonchev–Trinajstić information content (AvgIpc) is 3.01. The third-order valence-corrected chi connectivity index (χ3v) is 4.33. The van der Waals surface area contributed by atoms with Gasteiger partial charge in [0, 0.05) is 39.6 Å². The Balaban J connectivity index is 2.03. The molecular weight excluding hydrogens is 306 g/mol. The van der Waals surface area contributed by atoms with Crippen molar-refractivity contribution < 1.29 is 0 Å². The van der Waals surface area contributed by atoms with Crippen molar-refractivity contribution in [2.75, 3.05) is 32.6 Å². The van der Waals surface area contributed by atoms with Crippen molar-refractivity contribution in [3.8, 4) is 0 Å². The van der Waals surface area contributed by atoms with E-state index in [0.717, 1.165) is 29.9 Å². The van der Waals surface area contributed by atoms with E-state index in [-0.39, 0.29) is 0 Å². The summed E-state index contributed by atoms with van der Waals surface area (Å²) in [5, 5.41) is 6.42. The Kier molecular flexibility index (Phi) is 6.40. The summed E-state index contributed by atoms with van der Waals surface area (Å²) < 4.78 is 0. The molecule has 0 amide bonds. The molecule has 0 aliphatic carbocycles. The molecule has 0 atom stereocenters. The lowest BCUT2D eigenvalue weighted by molar-refractivity contribution is 0.476. The van der Waals surface area contributed by atoms with Gasteiger partial charge in [0.05, 0.1) is 12.2 Å². The summed E-state index contributed by atoms with van der Waals surface area (Å²) in [7, 11) is 6.06. The Morgan fingerprint density at radius 1 is 1.22 bits per heavy atom. The second-order valence-electron chi connectivity index (χ2n) is 5.53. The van der Waals surface area contributed by atoms with Gasteiger partial charge in [-0.3, -0.25) is 0 Å². The zero-order valence-corrected chi connectivity index (χ0v) is 15.1. The van der Waals surface area contributed by atoms with Crippen LogP contribution in [0.1, 0.15) is 18.2 Å². The molecule has 2 aromatic rings. The second-order valence-corrected chi connectivity index (χ2v) is 6.36. The molecule has 0 aliphatic heterocycles. The van der Waals surface area contributed by atoms with Gasteiger partial charge in [-0.1, -0.05) is 30.3 Å². The highest BCUT2D eigenvalue weighted by Crippen LogP contribution is 2.18. The molecule has 0 unspecified atom stereocenters. The minimum atomic E-state index is 0.589. The number of anilines is 1. The van der Waals surface area contributed by atoms with Gasteiger partial charge in [0.1, 0.15) is 0 Å². The molecule has 1 heterocycles. The number of aromatic nitrogens is 1. The number of hydrogen-bond donors (Lipinski definition) is 1. The van der Waals surface area contributed by atoms with E-state index in [1.165, 1.54) is 5.56 Å². The number of aliphatic imine (C=N–C) groups is 1. The van der Waals surface area contributed by atoms with Crippen LogP contribution in [0.25, 0.3) is 0 Å². The van der Waals surface area contributed by atoms with Crippen LogP contribution < -0.4 is 10.2 Å². The van der Waals surface area contributed by atoms with Crippen molar-refractivity contribution in [1.82, 2.24) is 15.2 Å². The Hall–Kier alpha value is -2.08. The molecule has 0 fully saturated rings. The molecule has 2 rings (SSSR count). The number of hydrogen-bond acceptors (Lipinski definition) is 4. The lowest BCUT2D eigenvalue weighted by Crippen LogP contribution is -2.38. The van der Waals surface area contributed by atoms with Gasteiger partial charge in [0.2, 0.25) is 0 Å². The SMILES string of the molecule is CCNC(=NCc1csc(N(C)C)n1)N(C)Cc1ccccc1. The van der Waals surface area contributed by atoms with E-state index in [9.17, 15) is 0 Å². The minimum Gasteiger partial charge on any atom is -0.357 e. The maximum atomic E-state index is 4.71. The second kappa shape index (κ2) is 8.53. The Morgan fingerprint density at radius 3 is 2.57 bits per heavy atom. The predicted octanol–water partition coefficient (Wildman–Crippen LogP) is 2.81. The van der Waals surface area contributed by atoms with E-state index >= 15 is 0 Å². The Morgan fingerprint density at radius 2 is 1.96 bits per heavy atom. The first kappa shape index (κ1) is 17.3. The zero-order chi connectivity index (χ0) is 16.7. The van der Waals surface area contributed by atoms with Gasteiger partial charge in [-0.2, -0.15) is 0 Å². The van der Waals surface area contributed by atoms with E-state index < -0.39 is 0 Å². The summed E-state index contributed by atoms with van der Waals surface area (Å²) in [4.78, 5) is 13.4. The molecule has 0 aliphatic rings. The van der Waals surface area contributed by atoms with Crippen LogP contribution in [0.2, 0.25) is 0 Å². The van der Waals surface area contributed by atoms with Crippen LogP contribution in [-0.2, 0) is 13.1 Å². The summed E-state index contributed by atoms with van der Waals surface area (Å²) in [5.74, 6) is 0.899. The van der Waals surface area contributed by atoms with Crippen molar-refractivity contribution in [1.29, 1.82) is 0 Å². The molecule has 0 bridgehead atoms. The fourth-order valence-corrected chi connectivity index (χ4v) is 2.88. The number of nitrogens with one attached hydrogen (secondary N) is 1. The van der Waals surface area contributed by atoms with Crippen LogP contribution >= 0.6 is 11.3 Å². The summed E-state index contributed by atoms with van der Waals surface area (Å²) in [6.45, 7) is 4.34. The Labute approximate surface area is 142 Å². The van der Waals surface area contributed by atoms with Gasteiger partial charge in [0.25, 0.3) is 0 Å². The maximum absolute atomic E-state index is 4.71. The van der Waals surface area contributed by atoms with Crippen LogP contribution in [0.5, 0.6) is 0 Å². The molecule has 1 aromatic heterocycles. The van der Waals surface area contributed by atoms with Gasteiger partial charge >= 0.3 is 0 Å². The lowest BCUT2D eigenvalue weighted by atomic mass is 10.2. The highest BCUT2D eigenvalue weighted by Gasteiger charge is 2.08. The van der Waals surface area contributed by atoms with E-state index in [1.54, 1.807) is 11.3 Å². The van der Waals surface area contributed by atoms with Gasteiger partial charge in [0.15, 0.2) is 11.1 Å². The maximum Gasteiger partial charge on any atom is 0.194 e. The molecule has 6 heteroatoms. The summed E-state index contributed by atoms with van der Waals surface area (Å²) >= 11 is 1.65. The molecular formula is C17H25N5S. The first-order valence-corrected chi connectivity index (χ1v) is 8.63. The highest BCUT2D eigenvalue weighted by molar-refractivity contribution is 7.13. The van der Waals surface area contributed by atoms with Crippen molar-refractivity contribution >= 4 is 22.4 Å². The number of guanidine groups is 1. The van der Waals surface area contributed by atoms with E-state index in [0.29, 0.717) is 6.54 Å². The van der Waals surface area contributed by atoms with Crippen LogP contribution in [0, 0.1) is 0 Å². The standard InChI is InChI=1S/C17H25N5S/c1-5-18-16(22(4)12-14-9-7-6-8-10-14)19-11-15-13-23-17(20-15)21(2)3/h6-10,13H,5,11-12H2,1-4H3,(H,18,19). The van der Waals surface area contributed by atoms with Crippen LogP contribution in [0.4, 0.5) is 5.13 Å². The quantitative estimate of drug-likeness (QED) is 0.653. The fourth-order valence-electron chi connectivity index (χ4n) is 2.13. The first-order chi connectivity index (χ1) is 11.1. The zero-order valence-electron chi connectivity index (χ0n) is 14.3. The van der Waals surface area contributed by atoms with E-state index in [4.69, 9.17) is 4.99 Å². The van der Waals surface area contributed by atoms with E-state index in [2.05, 4.69) is 58.8 Å². The molecule has 1 aromatic carbocycles. The van der Waals surface area contributed by atoms with Crippen LogP contribution in [-0.4, -0.2) is 43.5 Å². The van der Waals surface area contributed by atoms with Gasteiger partial charge < -0.3 is 15.1 Å². The van der Waals surface area contributed by atoms with Crippen LogP contribution in [0.3, 0.4) is 0 Å². The lowest BCUT2D eigenvalue weighted by Gasteiger charge is -2.22. The number of thiazole rings is 1. The van der Waals surface area contributed by atoms with Gasteiger partial charge in [-0.05, 0) is 12.5 Å². The van der Waals surface area contributed by atoms with Crippen molar-refractivity contribution in [3.63, 3.8) is 0 Å². The largest absolute Gasteiger partial charge is 0.357 e. The highest BCUT2D eigenvalue weighted by atomic mass is 32.1. The number of benzene rings is 1. The minimum absolute atomic E-state index is 0.589. The Bertz CT molecular complexity index is 621. The third-order valence-electron chi connectivity index (χ3n) is 3.27. The molecule has 0 spiro atoms. The van der Waals surface area contributed by atoms with Crippen LogP contribution in [0.15, 0.2) is 40.7 Å². The molecule has 0 saturated heterocycles. The third kappa shape index (κ3) is 5.25. The van der Waals surface area contributed by atoms with E-state index in [1.807, 2.05) is 25.1 Å². The van der Waals surface area contributed by atoms with Crippen molar-refractivity contribution in [3.05, 3.63) is 47.0 Å². The first-order valence-electron chi connectivity index (χ1n) is 7.75. The monoisotopic (exact) mass is 331 g/mol. The molecule has 0 saturated carbocycles. The number of rotatable bonds is 6. The predicted molar refractivity (Wildman–Crippen MR) is 99.2 cm³/mol.